The number of ether oxygens (including phenoxy) is 2. The first kappa shape index (κ1) is 13.5. The molecule has 0 aliphatic carbocycles. The zero-order valence-electron chi connectivity index (χ0n) is 11.8. The third kappa shape index (κ3) is 2.99. The van der Waals surface area contributed by atoms with E-state index < -0.39 is 6.10 Å². The number of amides is 1. The average molecular weight is 287 g/mol. The van der Waals surface area contributed by atoms with Crippen molar-refractivity contribution in [3.05, 3.63) is 42.5 Å². The zero-order chi connectivity index (χ0) is 14.7. The maximum Gasteiger partial charge on any atom is 0.264 e. The van der Waals surface area contributed by atoms with Crippen molar-refractivity contribution in [2.75, 3.05) is 13.2 Å². The predicted molar refractivity (Wildman–Crippen MR) is 76.3 cm³/mol. The molecule has 1 atom stereocenters. The van der Waals surface area contributed by atoms with Crippen LogP contribution in [0.25, 0.3) is 0 Å². The van der Waals surface area contributed by atoms with E-state index in [2.05, 4.69) is 10.3 Å². The molecule has 3 rings (SSSR count). The number of aryl methyl sites for hydroxylation is 1. The third-order valence-corrected chi connectivity index (χ3v) is 3.38. The monoisotopic (exact) mass is 287 g/mol. The van der Waals surface area contributed by atoms with E-state index in [1.807, 2.05) is 35.9 Å². The number of para-hydroxylation sites is 2. The lowest BCUT2D eigenvalue weighted by atomic mass is 10.2. The van der Waals surface area contributed by atoms with Gasteiger partial charge in [-0.1, -0.05) is 12.1 Å². The number of nitrogens with zero attached hydrogens (tertiary/aromatic N) is 2. The Kier molecular flexibility index (Phi) is 3.77. The van der Waals surface area contributed by atoms with Gasteiger partial charge in [0.2, 0.25) is 6.10 Å². The minimum absolute atomic E-state index is 0.165. The van der Waals surface area contributed by atoms with E-state index in [1.165, 1.54) is 0 Å². The van der Waals surface area contributed by atoms with E-state index in [1.54, 1.807) is 12.3 Å². The average Bonchev–Trinajstić information content (AvgIpc) is 2.92. The quantitative estimate of drug-likeness (QED) is 0.916. The summed E-state index contributed by atoms with van der Waals surface area (Å²) in [6.07, 6.45) is 3.02. The molecule has 1 aromatic heterocycles. The molecule has 0 spiro atoms. The molecule has 0 unspecified atom stereocenters. The summed E-state index contributed by atoms with van der Waals surface area (Å²) in [5.74, 6) is 2.04. The maximum atomic E-state index is 12.1. The first-order valence-corrected chi connectivity index (χ1v) is 6.88. The van der Waals surface area contributed by atoms with Gasteiger partial charge in [0.15, 0.2) is 11.5 Å². The van der Waals surface area contributed by atoms with E-state index in [9.17, 15) is 4.79 Å². The second kappa shape index (κ2) is 5.87. The van der Waals surface area contributed by atoms with Crippen LogP contribution in [-0.2, 0) is 11.3 Å². The Hall–Kier alpha value is -2.50. The zero-order valence-corrected chi connectivity index (χ0v) is 11.8. The number of benzene rings is 1. The number of aromatic nitrogens is 2. The van der Waals surface area contributed by atoms with Crippen LogP contribution in [0.15, 0.2) is 36.7 Å². The van der Waals surface area contributed by atoms with E-state index in [0.29, 0.717) is 24.6 Å². The Morgan fingerprint density at radius 2 is 2.24 bits per heavy atom. The van der Waals surface area contributed by atoms with Crippen LogP contribution in [0.1, 0.15) is 5.82 Å². The van der Waals surface area contributed by atoms with Crippen molar-refractivity contribution in [2.24, 2.45) is 0 Å². The molecule has 2 aromatic rings. The summed E-state index contributed by atoms with van der Waals surface area (Å²) in [6.45, 7) is 3.36. The molecule has 1 aromatic carbocycles. The molecule has 1 N–H and O–H groups in total. The van der Waals surface area contributed by atoms with E-state index in [0.717, 1.165) is 5.82 Å². The van der Waals surface area contributed by atoms with E-state index >= 15 is 0 Å². The molecule has 21 heavy (non-hydrogen) atoms. The fourth-order valence-corrected chi connectivity index (χ4v) is 2.20. The van der Waals surface area contributed by atoms with Crippen LogP contribution in [0.2, 0.25) is 0 Å². The largest absolute Gasteiger partial charge is 0.485 e. The molecule has 1 aliphatic rings. The number of carbonyl (C=O) groups excluding carboxylic acids is 1. The molecular formula is C15H17N3O3. The Balaban J connectivity index is 1.52. The molecular weight excluding hydrogens is 270 g/mol. The minimum Gasteiger partial charge on any atom is -0.485 e. The van der Waals surface area contributed by atoms with Gasteiger partial charge >= 0.3 is 0 Å². The Morgan fingerprint density at radius 1 is 1.43 bits per heavy atom. The summed E-state index contributed by atoms with van der Waals surface area (Å²) in [7, 11) is 0. The summed E-state index contributed by atoms with van der Waals surface area (Å²) in [6, 6.07) is 7.34. The lowest BCUT2D eigenvalue weighted by Gasteiger charge is -2.25. The lowest BCUT2D eigenvalue weighted by Crippen LogP contribution is -2.44. The van der Waals surface area contributed by atoms with Crippen LogP contribution in [0.3, 0.4) is 0 Å². The highest BCUT2D eigenvalue weighted by atomic mass is 16.6. The van der Waals surface area contributed by atoms with Crippen molar-refractivity contribution in [3.8, 4) is 11.5 Å². The first-order chi connectivity index (χ1) is 10.2. The number of fused-ring (bicyclic) bond motifs is 1. The van der Waals surface area contributed by atoms with Gasteiger partial charge in [-0.2, -0.15) is 0 Å². The third-order valence-electron chi connectivity index (χ3n) is 3.38. The van der Waals surface area contributed by atoms with Crippen molar-refractivity contribution in [1.29, 1.82) is 0 Å². The number of hydrogen-bond acceptors (Lipinski definition) is 4. The van der Waals surface area contributed by atoms with Crippen LogP contribution in [0.4, 0.5) is 0 Å². The number of rotatable bonds is 4. The SMILES string of the molecule is Cc1nccn1CCNC(=O)[C@H]1COc2ccccc2O1. The van der Waals surface area contributed by atoms with Crippen LogP contribution < -0.4 is 14.8 Å². The number of imidazole rings is 1. The van der Waals surface area contributed by atoms with Gasteiger partial charge in [-0.25, -0.2) is 4.98 Å². The molecule has 2 heterocycles. The normalized spacial score (nSPS) is 16.5. The fraction of sp³-hybridized carbons (Fsp3) is 0.333. The van der Waals surface area contributed by atoms with Crippen molar-refractivity contribution in [3.63, 3.8) is 0 Å². The standard InChI is InChI=1S/C15H17N3O3/c1-11-16-6-8-18(11)9-7-17-15(19)14-10-20-12-4-2-3-5-13(12)21-14/h2-6,8,14H,7,9-10H2,1H3,(H,17,19)/t14-/m1/s1. The van der Waals surface area contributed by atoms with Gasteiger partial charge in [-0.15, -0.1) is 0 Å². The number of nitrogens with one attached hydrogen (secondary N) is 1. The van der Waals surface area contributed by atoms with Crippen molar-refractivity contribution in [1.82, 2.24) is 14.9 Å². The van der Waals surface area contributed by atoms with Crippen molar-refractivity contribution < 1.29 is 14.3 Å². The summed E-state index contributed by atoms with van der Waals surface area (Å²) in [5.41, 5.74) is 0. The number of carbonyl (C=O) groups is 1. The molecule has 6 heteroatoms. The minimum atomic E-state index is -0.608. The van der Waals surface area contributed by atoms with Gasteiger partial charge in [-0.05, 0) is 19.1 Å². The van der Waals surface area contributed by atoms with E-state index in [4.69, 9.17) is 9.47 Å². The number of hydrogen-bond donors (Lipinski definition) is 1. The molecule has 0 radical (unpaired) electrons. The van der Waals surface area contributed by atoms with Gasteiger partial charge in [0.25, 0.3) is 5.91 Å². The second-order valence-electron chi connectivity index (χ2n) is 4.82. The highest BCUT2D eigenvalue weighted by Crippen LogP contribution is 2.30. The molecule has 1 aliphatic heterocycles. The van der Waals surface area contributed by atoms with Crippen LogP contribution >= 0.6 is 0 Å². The molecule has 0 fully saturated rings. The molecule has 6 nitrogen and oxygen atoms in total. The van der Waals surface area contributed by atoms with E-state index in [-0.39, 0.29) is 12.5 Å². The Labute approximate surface area is 122 Å². The van der Waals surface area contributed by atoms with Crippen LogP contribution in [0, 0.1) is 6.92 Å². The summed E-state index contributed by atoms with van der Waals surface area (Å²) in [5, 5.41) is 2.86. The maximum absolute atomic E-state index is 12.1. The predicted octanol–water partition coefficient (Wildman–Crippen LogP) is 1.15. The van der Waals surface area contributed by atoms with Crippen LogP contribution in [-0.4, -0.2) is 34.7 Å². The van der Waals surface area contributed by atoms with Crippen molar-refractivity contribution in [2.45, 2.75) is 19.6 Å². The molecule has 110 valence electrons. The van der Waals surface area contributed by atoms with Gasteiger partial charge in [-0.3, -0.25) is 4.79 Å². The van der Waals surface area contributed by atoms with Crippen molar-refractivity contribution >= 4 is 5.91 Å². The highest BCUT2D eigenvalue weighted by molar-refractivity contribution is 5.81. The summed E-state index contributed by atoms with van der Waals surface area (Å²) >= 11 is 0. The lowest BCUT2D eigenvalue weighted by molar-refractivity contribution is -0.130. The van der Waals surface area contributed by atoms with Gasteiger partial charge in [0.1, 0.15) is 12.4 Å². The Morgan fingerprint density at radius 3 is 3.00 bits per heavy atom. The molecule has 0 saturated carbocycles. The van der Waals surface area contributed by atoms with Gasteiger partial charge in [0.05, 0.1) is 0 Å². The molecule has 1 amide bonds. The highest BCUT2D eigenvalue weighted by Gasteiger charge is 2.26. The van der Waals surface area contributed by atoms with Crippen LogP contribution in [0.5, 0.6) is 11.5 Å². The van der Waals surface area contributed by atoms with Gasteiger partial charge in [0, 0.05) is 25.5 Å². The molecule has 0 bridgehead atoms. The summed E-state index contributed by atoms with van der Waals surface area (Å²) in [4.78, 5) is 16.2. The Bertz CT molecular complexity index is 639. The second-order valence-corrected chi connectivity index (χ2v) is 4.82. The fourth-order valence-electron chi connectivity index (χ4n) is 2.20. The smallest absolute Gasteiger partial charge is 0.264 e. The topological polar surface area (TPSA) is 65.4 Å². The first-order valence-electron chi connectivity index (χ1n) is 6.88. The molecule has 0 saturated heterocycles. The summed E-state index contributed by atoms with van der Waals surface area (Å²) < 4.78 is 13.2. The van der Waals surface area contributed by atoms with Gasteiger partial charge < -0.3 is 19.4 Å².